The van der Waals surface area contributed by atoms with Crippen molar-refractivity contribution >= 4 is 11.1 Å². The lowest BCUT2D eigenvalue weighted by atomic mass is 9.86. The van der Waals surface area contributed by atoms with Crippen LogP contribution in [0.4, 0.5) is 0 Å². The smallest absolute Gasteiger partial charge is 0.129 e. The molecule has 2 heterocycles. The van der Waals surface area contributed by atoms with Crippen molar-refractivity contribution < 1.29 is 19.3 Å². The first-order valence-corrected chi connectivity index (χ1v) is 13.2. The molecule has 194 valence electrons. The fourth-order valence-corrected chi connectivity index (χ4v) is 5.45. The molecule has 1 unspecified atom stereocenters. The summed E-state index contributed by atoms with van der Waals surface area (Å²) in [7, 11) is 1.68. The Labute approximate surface area is 220 Å². The van der Waals surface area contributed by atoms with Crippen LogP contribution in [0.25, 0.3) is 11.1 Å². The van der Waals surface area contributed by atoms with Gasteiger partial charge in [-0.2, -0.15) is 0 Å². The Bertz CT molecular complexity index is 1250. The van der Waals surface area contributed by atoms with Gasteiger partial charge in [0.15, 0.2) is 0 Å². The topological polar surface area (TPSA) is 51.2 Å². The lowest BCUT2D eigenvalue weighted by Gasteiger charge is -2.31. The Hall–Kier alpha value is -3.44. The van der Waals surface area contributed by atoms with Crippen molar-refractivity contribution in [2.24, 2.45) is 5.92 Å². The van der Waals surface area contributed by atoms with Gasteiger partial charge in [-0.15, -0.1) is 0 Å². The van der Waals surface area contributed by atoms with E-state index in [0.717, 1.165) is 64.9 Å². The van der Waals surface area contributed by atoms with Gasteiger partial charge in [0.05, 0.1) is 7.11 Å². The lowest BCUT2D eigenvalue weighted by Crippen LogP contribution is -2.35. The van der Waals surface area contributed by atoms with E-state index < -0.39 is 0 Å². The molecule has 2 aliphatic heterocycles. The first-order chi connectivity index (χ1) is 17.9. The minimum Gasteiger partial charge on any atom is -0.508 e. The van der Waals surface area contributed by atoms with Crippen LogP contribution in [0.3, 0.4) is 0 Å². The van der Waals surface area contributed by atoms with Crippen LogP contribution >= 0.6 is 0 Å². The molecule has 5 heteroatoms. The third-order valence-electron chi connectivity index (χ3n) is 7.68. The van der Waals surface area contributed by atoms with E-state index in [9.17, 15) is 5.11 Å². The number of benzene rings is 3. The molecule has 0 aromatic heterocycles. The van der Waals surface area contributed by atoms with Crippen LogP contribution in [0.5, 0.6) is 23.0 Å². The van der Waals surface area contributed by atoms with Crippen molar-refractivity contribution in [2.45, 2.75) is 45.8 Å². The summed E-state index contributed by atoms with van der Waals surface area (Å²) in [5, 5.41) is 9.85. The van der Waals surface area contributed by atoms with Crippen molar-refractivity contribution in [1.29, 1.82) is 0 Å². The SMILES string of the molecule is COc1ccc2c(c1)C(C)=C(c1ccc(O)cc1)C(Cc1ccc(OC[C@H](C)N3CC[C@@H](C)C3)cc1)O2. The van der Waals surface area contributed by atoms with Crippen LogP contribution in [0.2, 0.25) is 0 Å². The molecule has 0 bridgehead atoms. The van der Waals surface area contributed by atoms with Crippen molar-refractivity contribution in [3.05, 3.63) is 83.4 Å². The Kier molecular flexibility index (Phi) is 7.43. The molecule has 1 N–H and O–H groups in total. The highest BCUT2D eigenvalue weighted by atomic mass is 16.5. The third-order valence-corrected chi connectivity index (χ3v) is 7.68. The minimum atomic E-state index is -0.158. The van der Waals surface area contributed by atoms with Gasteiger partial charge in [-0.05, 0) is 91.9 Å². The third kappa shape index (κ3) is 5.62. The summed E-state index contributed by atoms with van der Waals surface area (Å²) in [6.07, 6.45) is 1.84. The number of nitrogens with zero attached hydrogens (tertiary/aromatic N) is 1. The fraction of sp³-hybridized carbons (Fsp3) is 0.375. The predicted octanol–water partition coefficient (Wildman–Crippen LogP) is 6.44. The van der Waals surface area contributed by atoms with Gasteiger partial charge in [0.1, 0.15) is 35.7 Å². The molecular weight excluding hydrogens is 462 g/mol. The normalized spacial score (nSPS) is 20.3. The van der Waals surface area contributed by atoms with Crippen LogP contribution in [0.1, 0.15) is 43.9 Å². The van der Waals surface area contributed by atoms with E-state index in [-0.39, 0.29) is 11.9 Å². The number of fused-ring (bicyclic) bond motifs is 1. The highest BCUT2D eigenvalue weighted by Crippen LogP contribution is 2.42. The van der Waals surface area contributed by atoms with Crippen molar-refractivity contribution in [3.8, 4) is 23.0 Å². The average molecular weight is 500 g/mol. The van der Waals surface area contributed by atoms with Crippen molar-refractivity contribution in [2.75, 3.05) is 26.8 Å². The number of ether oxygens (including phenoxy) is 3. The zero-order chi connectivity index (χ0) is 25.9. The maximum absolute atomic E-state index is 9.85. The summed E-state index contributed by atoms with van der Waals surface area (Å²) >= 11 is 0. The molecule has 0 aliphatic carbocycles. The molecule has 5 rings (SSSR count). The first-order valence-electron chi connectivity index (χ1n) is 13.2. The highest BCUT2D eigenvalue weighted by molar-refractivity contribution is 5.95. The van der Waals surface area contributed by atoms with E-state index in [1.165, 1.54) is 12.0 Å². The number of phenolic OH excluding ortho intramolecular Hbond substituents is 1. The summed E-state index contributed by atoms with van der Waals surface area (Å²) in [5.41, 5.74) is 5.53. The first kappa shape index (κ1) is 25.2. The van der Waals surface area contributed by atoms with E-state index in [1.54, 1.807) is 19.2 Å². The summed E-state index contributed by atoms with van der Waals surface area (Å²) in [5.74, 6) is 3.59. The average Bonchev–Trinajstić information content (AvgIpc) is 3.35. The van der Waals surface area contributed by atoms with Crippen molar-refractivity contribution in [1.82, 2.24) is 4.90 Å². The van der Waals surface area contributed by atoms with Gasteiger partial charge in [0.25, 0.3) is 0 Å². The number of phenols is 1. The molecule has 3 atom stereocenters. The number of allylic oxidation sites excluding steroid dienone is 1. The number of hydrogen-bond donors (Lipinski definition) is 1. The Balaban J connectivity index is 1.33. The molecule has 1 fully saturated rings. The lowest BCUT2D eigenvalue weighted by molar-refractivity contribution is 0.169. The molecule has 0 amide bonds. The van der Waals surface area contributed by atoms with Crippen molar-refractivity contribution in [3.63, 3.8) is 0 Å². The van der Waals surface area contributed by atoms with Gasteiger partial charge < -0.3 is 19.3 Å². The summed E-state index contributed by atoms with van der Waals surface area (Å²) in [6.45, 7) is 9.73. The molecule has 37 heavy (non-hydrogen) atoms. The van der Waals surface area contributed by atoms with Gasteiger partial charge in [-0.1, -0.05) is 31.2 Å². The molecule has 3 aromatic carbocycles. The molecule has 3 aromatic rings. The molecule has 0 radical (unpaired) electrons. The molecule has 1 saturated heterocycles. The number of aromatic hydroxyl groups is 1. The van der Waals surface area contributed by atoms with E-state index in [0.29, 0.717) is 12.6 Å². The zero-order valence-corrected chi connectivity index (χ0v) is 22.2. The van der Waals surface area contributed by atoms with Crippen LogP contribution < -0.4 is 14.2 Å². The van der Waals surface area contributed by atoms with Gasteiger partial charge >= 0.3 is 0 Å². The monoisotopic (exact) mass is 499 g/mol. The van der Waals surface area contributed by atoms with Crippen LogP contribution in [0.15, 0.2) is 66.7 Å². The summed E-state index contributed by atoms with van der Waals surface area (Å²) in [6, 6.07) is 22.1. The maximum Gasteiger partial charge on any atom is 0.129 e. The quantitative estimate of drug-likeness (QED) is 0.386. The summed E-state index contributed by atoms with van der Waals surface area (Å²) in [4.78, 5) is 2.52. The minimum absolute atomic E-state index is 0.158. The van der Waals surface area contributed by atoms with Crippen LogP contribution in [0, 0.1) is 5.92 Å². The summed E-state index contributed by atoms with van der Waals surface area (Å²) < 4.78 is 18.2. The zero-order valence-electron chi connectivity index (χ0n) is 22.2. The molecule has 5 nitrogen and oxygen atoms in total. The number of likely N-dealkylation sites (tertiary alicyclic amines) is 1. The van der Waals surface area contributed by atoms with Crippen LogP contribution in [-0.4, -0.2) is 49.0 Å². The Morgan fingerprint density at radius 2 is 1.76 bits per heavy atom. The van der Waals surface area contributed by atoms with Gasteiger partial charge in [-0.3, -0.25) is 4.90 Å². The van der Waals surface area contributed by atoms with E-state index in [2.05, 4.69) is 49.9 Å². The fourth-order valence-electron chi connectivity index (χ4n) is 5.45. The number of methoxy groups -OCH3 is 1. The second-order valence-corrected chi connectivity index (χ2v) is 10.5. The van der Waals surface area contributed by atoms with Crippen LogP contribution in [-0.2, 0) is 6.42 Å². The standard InChI is InChI=1S/C32H37NO4/c1-21-15-16-33(19-21)22(2)20-36-27-11-5-24(6-12-27)17-31-32(25-7-9-26(34)10-8-25)23(3)29-18-28(35-4)13-14-30(29)37-31/h5-14,18,21-22,31,34H,15-17,19-20H2,1-4H3/t21-,22+,31?/m1/s1. The van der Waals surface area contributed by atoms with E-state index in [1.807, 2.05) is 30.3 Å². The van der Waals surface area contributed by atoms with Gasteiger partial charge in [0, 0.05) is 30.1 Å². The molecule has 2 aliphatic rings. The second-order valence-electron chi connectivity index (χ2n) is 10.5. The molecular formula is C32H37NO4. The predicted molar refractivity (Wildman–Crippen MR) is 148 cm³/mol. The Morgan fingerprint density at radius 3 is 2.43 bits per heavy atom. The number of hydrogen-bond acceptors (Lipinski definition) is 5. The maximum atomic E-state index is 9.85. The van der Waals surface area contributed by atoms with E-state index in [4.69, 9.17) is 14.2 Å². The Morgan fingerprint density at radius 1 is 1.03 bits per heavy atom. The van der Waals surface area contributed by atoms with E-state index >= 15 is 0 Å². The number of rotatable bonds is 8. The second kappa shape index (κ2) is 10.9. The molecule has 0 spiro atoms. The highest BCUT2D eigenvalue weighted by Gasteiger charge is 2.29. The molecule has 0 saturated carbocycles. The largest absolute Gasteiger partial charge is 0.508 e. The van der Waals surface area contributed by atoms with Gasteiger partial charge in [-0.25, -0.2) is 0 Å². The van der Waals surface area contributed by atoms with Gasteiger partial charge in [0.2, 0.25) is 0 Å².